The van der Waals surface area contributed by atoms with Gasteiger partial charge in [-0.15, -0.1) is 0 Å². The van der Waals surface area contributed by atoms with E-state index in [2.05, 4.69) is 312 Å². The molecule has 0 amide bonds. The van der Waals surface area contributed by atoms with E-state index in [0.29, 0.717) is 0 Å². The number of hydrogen-bond donors (Lipinski definition) is 0. The minimum atomic E-state index is 0.764. The monoisotopic (exact) mass is 1080 g/mol. The predicted octanol–water partition coefficient (Wildman–Crippen LogP) is 21.5. The fourth-order valence-corrected chi connectivity index (χ4v) is 14.2. The molecule has 1 aliphatic rings. The van der Waals surface area contributed by atoms with Crippen molar-refractivity contribution in [3.8, 4) is 33.4 Å². The Labute approximate surface area is 489 Å². The van der Waals surface area contributed by atoms with Crippen LogP contribution < -0.4 is 9.80 Å². The van der Waals surface area contributed by atoms with Crippen LogP contribution in [0, 0.1) is 0 Å². The zero-order chi connectivity index (χ0) is 55.4. The van der Waals surface area contributed by atoms with Gasteiger partial charge >= 0.3 is 0 Å². The summed E-state index contributed by atoms with van der Waals surface area (Å²) in [5, 5.41) is 5.07. The number of nitrogens with zero attached hydrogens (tertiary/aromatic N) is 4. The quantitative estimate of drug-likeness (QED) is 0.136. The van der Waals surface area contributed by atoms with Crippen LogP contribution in [0.15, 0.2) is 289 Å². The molecule has 398 valence electrons. The maximum atomic E-state index is 2.49. The van der Waals surface area contributed by atoms with E-state index in [0.717, 1.165) is 60.1 Å². The van der Waals surface area contributed by atoms with Gasteiger partial charge in [-0.25, -0.2) is 0 Å². The largest absolute Gasteiger partial charge is 0.341 e. The molecule has 0 bridgehead atoms. The van der Waals surface area contributed by atoms with Crippen LogP contribution >= 0.6 is 11.8 Å². The Morgan fingerprint density at radius 3 is 1.04 bits per heavy atom. The first kappa shape index (κ1) is 50.2. The standard InChI is InChI=1S/C78H60N4S/c1-3-79-73-49-55(53-21-9-5-10-22-53)33-39-69(73)71-43-37-65(51-75(71)79)81(61-27-13-7-14-28-61)63-35-41-67-59(47-63)45-57-25-17-19-31-77(57)83-78-32-20-18-26-58(78)46-60-48-64(36-42-68(60)67)82(62-29-15-8-16-30-62)66-38-44-72-70-40-34-56(54-23-11-6-12-24-54)50-74(70)80(4-2)76(72)52-66/h5-44,47-52H,3-4,45-46H2,1-2H3. The van der Waals surface area contributed by atoms with E-state index < -0.39 is 0 Å². The summed E-state index contributed by atoms with van der Waals surface area (Å²) in [6, 6.07) is 104. The van der Waals surface area contributed by atoms with Crippen LogP contribution in [0.1, 0.15) is 36.1 Å². The average Bonchev–Trinajstić information content (AvgIpc) is 4.25. The molecule has 0 N–H and O–H groups in total. The SMILES string of the molecule is CCn1c2cc(-c3ccccc3)ccc2c2ccc(N(c3ccccc3)c3ccc4c(c3)Cc3ccccc3Sc3ccccc3Cc3cc(N(c5ccccc5)c5ccc6c7ccc(-c8ccccc8)cc7n(CC)c6c5)ccc3-4)cc21. The summed E-state index contributed by atoms with van der Waals surface area (Å²) in [6.07, 6.45) is 1.53. The van der Waals surface area contributed by atoms with Crippen molar-refractivity contribution >= 4 is 89.5 Å². The third-order valence-corrected chi connectivity index (χ3v) is 18.2. The molecule has 0 spiro atoms. The fraction of sp³-hybridized carbons (Fsp3) is 0.0769. The summed E-state index contributed by atoms with van der Waals surface area (Å²) in [6.45, 7) is 6.24. The number of hydrogen-bond acceptors (Lipinski definition) is 3. The van der Waals surface area contributed by atoms with Crippen molar-refractivity contribution in [2.45, 2.75) is 49.6 Å². The maximum absolute atomic E-state index is 2.49. The van der Waals surface area contributed by atoms with Crippen molar-refractivity contribution in [1.82, 2.24) is 9.13 Å². The van der Waals surface area contributed by atoms with Crippen molar-refractivity contribution in [3.05, 3.63) is 301 Å². The smallest absolute Gasteiger partial charge is 0.0512 e. The summed E-state index contributed by atoms with van der Waals surface area (Å²) in [4.78, 5) is 7.46. The van der Waals surface area contributed by atoms with E-state index in [-0.39, 0.29) is 0 Å². The van der Waals surface area contributed by atoms with E-state index >= 15 is 0 Å². The summed E-state index contributed by atoms with van der Waals surface area (Å²) in [5.41, 5.74) is 24.2. The molecule has 4 nitrogen and oxygen atoms in total. The molecule has 83 heavy (non-hydrogen) atoms. The van der Waals surface area contributed by atoms with Gasteiger partial charge in [0, 0.05) is 89.6 Å². The number of anilines is 6. The second-order valence-corrected chi connectivity index (χ2v) is 22.9. The van der Waals surface area contributed by atoms with Gasteiger partial charge in [-0.3, -0.25) is 0 Å². The molecule has 15 rings (SSSR count). The van der Waals surface area contributed by atoms with Crippen molar-refractivity contribution < 1.29 is 0 Å². The molecule has 0 aliphatic carbocycles. The molecule has 1 aliphatic heterocycles. The molecule has 2 aromatic heterocycles. The van der Waals surface area contributed by atoms with Gasteiger partial charge in [0.1, 0.15) is 0 Å². The van der Waals surface area contributed by atoms with Crippen molar-refractivity contribution in [2.24, 2.45) is 0 Å². The average molecular weight is 1090 g/mol. The summed E-state index contributed by atoms with van der Waals surface area (Å²) in [5.74, 6) is 0. The van der Waals surface area contributed by atoms with Crippen LogP contribution in [0.2, 0.25) is 0 Å². The zero-order valence-corrected chi connectivity index (χ0v) is 47.4. The Morgan fingerprint density at radius 1 is 0.289 bits per heavy atom. The molecule has 5 heteroatoms. The Hall–Kier alpha value is -9.81. The van der Waals surface area contributed by atoms with Gasteiger partial charge in [-0.2, -0.15) is 0 Å². The van der Waals surface area contributed by atoms with Gasteiger partial charge in [0.05, 0.1) is 11.0 Å². The van der Waals surface area contributed by atoms with E-state index in [1.54, 1.807) is 0 Å². The number of rotatable bonds is 10. The lowest BCUT2D eigenvalue weighted by molar-refractivity contribution is 0.827. The highest BCUT2D eigenvalue weighted by atomic mass is 32.2. The molecule has 3 heterocycles. The van der Waals surface area contributed by atoms with E-state index in [4.69, 9.17) is 0 Å². The van der Waals surface area contributed by atoms with Crippen molar-refractivity contribution in [1.29, 1.82) is 0 Å². The highest BCUT2D eigenvalue weighted by Gasteiger charge is 2.24. The van der Waals surface area contributed by atoms with Gasteiger partial charge < -0.3 is 18.9 Å². The molecule has 0 radical (unpaired) electrons. The van der Waals surface area contributed by atoms with Crippen LogP contribution in [0.25, 0.3) is 77.0 Å². The highest BCUT2D eigenvalue weighted by molar-refractivity contribution is 7.99. The molecule has 0 fully saturated rings. The molecule has 12 aromatic carbocycles. The molecular formula is C78H60N4S. The van der Waals surface area contributed by atoms with E-state index in [1.165, 1.54) is 109 Å². The van der Waals surface area contributed by atoms with Gasteiger partial charge in [0.25, 0.3) is 0 Å². The van der Waals surface area contributed by atoms with Gasteiger partial charge in [-0.05, 0) is 179 Å². The van der Waals surface area contributed by atoms with Crippen molar-refractivity contribution in [2.75, 3.05) is 9.80 Å². The van der Waals surface area contributed by atoms with Crippen molar-refractivity contribution in [3.63, 3.8) is 0 Å². The van der Waals surface area contributed by atoms with E-state index in [1.807, 2.05) is 11.8 Å². The lowest BCUT2D eigenvalue weighted by Gasteiger charge is -2.28. The van der Waals surface area contributed by atoms with Gasteiger partial charge in [0.15, 0.2) is 0 Å². The Bertz CT molecular complexity index is 4430. The topological polar surface area (TPSA) is 16.3 Å². The minimum Gasteiger partial charge on any atom is -0.341 e. The molecule has 0 unspecified atom stereocenters. The molecule has 14 aromatic rings. The molecular weight excluding hydrogens is 1020 g/mol. The lowest BCUT2D eigenvalue weighted by atomic mass is 9.89. The maximum Gasteiger partial charge on any atom is 0.0512 e. The summed E-state index contributed by atoms with van der Waals surface area (Å²) >= 11 is 1.89. The predicted molar refractivity (Wildman–Crippen MR) is 352 cm³/mol. The first-order chi connectivity index (χ1) is 41.0. The second-order valence-electron chi connectivity index (χ2n) is 21.8. The zero-order valence-electron chi connectivity index (χ0n) is 46.6. The highest BCUT2D eigenvalue weighted by Crippen LogP contribution is 2.46. The first-order valence-corrected chi connectivity index (χ1v) is 29.9. The number of benzene rings is 12. The molecule has 0 saturated heterocycles. The fourth-order valence-electron chi connectivity index (χ4n) is 13.1. The Morgan fingerprint density at radius 2 is 0.627 bits per heavy atom. The van der Waals surface area contributed by atoms with Gasteiger partial charge in [0.2, 0.25) is 0 Å². The van der Waals surface area contributed by atoms with E-state index in [9.17, 15) is 0 Å². The molecule has 0 saturated carbocycles. The Balaban J connectivity index is 0.894. The van der Waals surface area contributed by atoms with Gasteiger partial charge in [-0.1, -0.05) is 194 Å². The number of aromatic nitrogens is 2. The Kier molecular flexibility index (Phi) is 12.9. The second kappa shape index (κ2) is 21.3. The summed E-state index contributed by atoms with van der Waals surface area (Å²) < 4.78 is 4.97. The molecule has 0 atom stereocenters. The van der Waals surface area contributed by atoms with Crippen LogP contribution in [-0.4, -0.2) is 9.13 Å². The third-order valence-electron chi connectivity index (χ3n) is 17.0. The van der Waals surface area contributed by atoms with Crippen LogP contribution in [0.3, 0.4) is 0 Å². The third kappa shape index (κ3) is 9.05. The normalized spacial score (nSPS) is 12.2. The summed E-state index contributed by atoms with van der Waals surface area (Å²) in [7, 11) is 0. The lowest BCUT2D eigenvalue weighted by Crippen LogP contribution is -2.12. The van der Waals surface area contributed by atoms with Crippen LogP contribution in [0.5, 0.6) is 0 Å². The van der Waals surface area contributed by atoms with Crippen LogP contribution in [-0.2, 0) is 25.9 Å². The number of fused-ring (bicyclic) bond motifs is 11. The number of aryl methyl sites for hydroxylation is 2. The number of para-hydroxylation sites is 2. The van der Waals surface area contributed by atoms with Crippen LogP contribution in [0.4, 0.5) is 34.1 Å². The first-order valence-electron chi connectivity index (χ1n) is 29.1. The minimum absolute atomic E-state index is 0.764.